The number of rotatable bonds is 0. The fourth-order valence-corrected chi connectivity index (χ4v) is 3.52. The van der Waals surface area contributed by atoms with E-state index in [1.54, 1.807) is 5.57 Å². The van der Waals surface area contributed by atoms with Crippen LogP contribution in [0.4, 0.5) is 0 Å². The summed E-state index contributed by atoms with van der Waals surface area (Å²) in [6.07, 6.45) is 8.98. The van der Waals surface area contributed by atoms with Gasteiger partial charge in [-0.25, -0.2) is 0 Å². The Balaban J connectivity index is 2.39. The van der Waals surface area contributed by atoms with Crippen molar-refractivity contribution < 1.29 is 0 Å². The van der Waals surface area contributed by atoms with E-state index in [0.29, 0.717) is 0 Å². The zero-order valence-electron chi connectivity index (χ0n) is 4.37. The van der Waals surface area contributed by atoms with Gasteiger partial charge in [0.1, 0.15) is 0 Å². The molecule has 2 rings (SSSR count). The van der Waals surface area contributed by atoms with Crippen molar-refractivity contribution in [2.24, 2.45) is 0 Å². The predicted molar refractivity (Wildman–Crippen MR) is 35.9 cm³/mol. The molecule has 0 aromatic rings. The number of hydrogen-bond donors (Lipinski definition) is 0. The Morgan fingerprint density at radius 3 is 3.38 bits per heavy atom. The molecule has 0 saturated heterocycles. The molecule has 0 fully saturated rings. The Bertz CT molecular complexity index is 187. The predicted octanol–water partition coefficient (Wildman–Crippen LogP) is 1.50. The van der Waals surface area contributed by atoms with Crippen molar-refractivity contribution in [2.75, 3.05) is 0 Å². The van der Waals surface area contributed by atoms with E-state index < -0.39 is 0 Å². The van der Waals surface area contributed by atoms with Gasteiger partial charge in [-0.05, 0) is 0 Å². The fourth-order valence-electron chi connectivity index (χ4n) is 0.950. The topological polar surface area (TPSA) is 0 Å². The molecule has 40 valence electrons. The number of hydrogen-bond acceptors (Lipinski definition) is 0. The van der Waals surface area contributed by atoms with Crippen LogP contribution in [0.2, 0.25) is 3.97 Å². The first-order valence-electron chi connectivity index (χ1n) is 2.67. The van der Waals surface area contributed by atoms with Crippen molar-refractivity contribution in [1.29, 1.82) is 0 Å². The van der Waals surface area contributed by atoms with Crippen LogP contribution in [-0.4, -0.2) is 20.9 Å². The second-order valence-corrected chi connectivity index (χ2v) is 4.91. The molecule has 0 amide bonds. The van der Waals surface area contributed by atoms with E-state index in [4.69, 9.17) is 0 Å². The van der Waals surface area contributed by atoms with Crippen molar-refractivity contribution in [3.05, 3.63) is 34.0 Å². The Kier molecular flexibility index (Phi) is 1.06. The van der Waals surface area contributed by atoms with Crippen molar-refractivity contribution >= 4 is 20.9 Å². The quantitative estimate of drug-likeness (QED) is 0.540. The van der Waals surface area contributed by atoms with Crippen molar-refractivity contribution in [2.45, 2.75) is 3.97 Å². The zero-order valence-corrected chi connectivity index (χ0v) is 6.70. The molecule has 2 aliphatic rings. The molecule has 0 spiro atoms. The molecule has 0 bridgehead atoms. The molecule has 1 aliphatic heterocycles. The van der Waals surface area contributed by atoms with Crippen LogP contribution in [0.5, 0.6) is 0 Å². The molecule has 0 nitrogen and oxygen atoms in total. The molecule has 0 aromatic carbocycles. The van der Waals surface area contributed by atoms with Gasteiger partial charge in [-0.15, -0.1) is 0 Å². The Morgan fingerprint density at radius 1 is 1.50 bits per heavy atom. The first-order chi connectivity index (χ1) is 3.97. The molecular formula is C7H6Te. The summed E-state index contributed by atoms with van der Waals surface area (Å²) in [7, 11) is 0. The van der Waals surface area contributed by atoms with Crippen LogP contribution < -0.4 is 0 Å². The summed E-state index contributed by atoms with van der Waals surface area (Å²) in [5.74, 6) is 0. The second-order valence-electron chi connectivity index (χ2n) is 1.91. The number of allylic oxidation sites excluding steroid dienone is 5. The Hall–Kier alpha value is 0.00961. The van der Waals surface area contributed by atoms with Gasteiger partial charge < -0.3 is 0 Å². The van der Waals surface area contributed by atoms with E-state index in [0.717, 1.165) is 3.97 Å². The summed E-state index contributed by atoms with van der Waals surface area (Å²) < 4.78 is 3.24. The third-order valence-electron chi connectivity index (χ3n) is 1.39. The SMILES string of the molecule is C1=CC2[Te]C=CC2=C1. The summed E-state index contributed by atoms with van der Waals surface area (Å²) in [5, 5.41) is 0. The summed E-state index contributed by atoms with van der Waals surface area (Å²) in [5.41, 5.74) is 1.55. The van der Waals surface area contributed by atoms with Gasteiger partial charge in [0.2, 0.25) is 0 Å². The van der Waals surface area contributed by atoms with Crippen LogP contribution in [0.25, 0.3) is 0 Å². The van der Waals surface area contributed by atoms with Gasteiger partial charge in [-0.2, -0.15) is 0 Å². The third kappa shape index (κ3) is 0.588. The minimum atomic E-state index is 0.206. The average molecular weight is 218 g/mol. The van der Waals surface area contributed by atoms with E-state index in [2.05, 4.69) is 28.4 Å². The van der Waals surface area contributed by atoms with E-state index in [1.807, 2.05) is 0 Å². The van der Waals surface area contributed by atoms with Crippen molar-refractivity contribution in [3.8, 4) is 0 Å². The van der Waals surface area contributed by atoms with Gasteiger partial charge in [0, 0.05) is 0 Å². The van der Waals surface area contributed by atoms with Crippen LogP contribution in [0.1, 0.15) is 0 Å². The standard InChI is InChI=1S/C7H6Te/c1-2-6-4-5-8-7(6)3-1/h1-5,7H. The first-order valence-corrected chi connectivity index (χ1v) is 5.36. The van der Waals surface area contributed by atoms with E-state index in [1.165, 1.54) is 0 Å². The summed E-state index contributed by atoms with van der Waals surface area (Å²) in [6.45, 7) is 0. The molecule has 1 unspecified atom stereocenters. The second kappa shape index (κ2) is 1.76. The van der Waals surface area contributed by atoms with E-state index in [9.17, 15) is 0 Å². The van der Waals surface area contributed by atoms with Gasteiger partial charge in [0.05, 0.1) is 0 Å². The van der Waals surface area contributed by atoms with Crippen molar-refractivity contribution in [3.63, 3.8) is 0 Å². The van der Waals surface area contributed by atoms with Crippen LogP contribution in [0, 0.1) is 0 Å². The van der Waals surface area contributed by atoms with Crippen LogP contribution >= 0.6 is 0 Å². The molecule has 0 saturated carbocycles. The first kappa shape index (κ1) is 4.85. The molecule has 0 aromatic heterocycles. The molecule has 8 heavy (non-hydrogen) atoms. The van der Waals surface area contributed by atoms with Crippen molar-refractivity contribution in [1.82, 2.24) is 0 Å². The molecule has 1 heteroatoms. The van der Waals surface area contributed by atoms with Crippen LogP contribution in [0.15, 0.2) is 34.0 Å². The van der Waals surface area contributed by atoms with Gasteiger partial charge in [-0.3, -0.25) is 0 Å². The third-order valence-corrected chi connectivity index (χ3v) is 4.29. The van der Waals surface area contributed by atoms with Crippen LogP contribution in [0.3, 0.4) is 0 Å². The molecule has 0 N–H and O–H groups in total. The molecule has 1 heterocycles. The maximum atomic E-state index is 2.37. The fraction of sp³-hybridized carbons (Fsp3) is 0.143. The summed E-state index contributed by atoms with van der Waals surface area (Å²) in [4.78, 5) is 0. The average Bonchev–Trinajstić information content (AvgIpc) is 2.15. The molecular weight excluding hydrogens is 212 g/mol. The Labute approximate surface area is 59.1 Å². The molecule has 0 radical (unpaired) electrons. The van der Waals surface area contributed by atoms with Crippen LogP contribution in [-0.2, 0) is 0 Å². The van der Waals surface area contributed by atoms with E-state index in [-0.39, 0.29) is 20.9 Å². The van der Waals surface area contributed by atoms with Gasteiger partial charge in [0.15, 0.2) is 0 Å². The monoisotopic (exact) mass is 220 g/mol. The van der Waals surface area contributed by atoms with Gasteiger partial charge >= 0.3 is 58.9 Å². The molecule has 1 atom stereocenters. The summed E-state index contributed by atoms with van der Waals surface area (Å²) in [6, 6.07) is 0. The molecule has 1 aliphatic carbocycles. The van der Waals surface area contributed by atoms with E-state index >= 15 is 0 Å². The van der Waals surface area contributed by atoms with Gasteiger partial charge in [0.25, 0.3) is 0 Å². The minimum absolute atomic E-state index is 0.206. The summed E-state index contributed by atoms with van der Waals surface area (Å²) >= 11 is 0.206. The Morgan fingerprint density at radius 2 is 2.50 bits per heavy atom. The maximum absolute atomic E-state index is 2.37. The van der Waals surface area contributed by atoms with Gasteiger partial charge in [-0.1, -0.05) is 0 Å². The number of fused-ring (bicyclic) bond motifs is 1. The normalized spacial score (nSPS) is 31.0. The zero-order chi connectivity index (χ0) is 5.40.